The van der Waals surface area contributed by atoms with E-state index in [0.717, 1.165) is 24.1 Å². The average Bonchev–Trinajstić information content (AvgIpc) is 3.02. The van der Waals surface area contributed by atoms with Crippen LogP contribution in [0.5, 0.6) is 0 Å². The molecule has 6 heteroatoms. The normalized spacial score (nSPS) is 20.5. The molecule has 1 aromatic carbocycles. The highest BCUT2D eigenvalue weighted by atomic mass is 32.2. The van der Waals surface area contributed by atoms with E-state index in [9.17, 15) is 8.42 Å². The molecule has 1 fully saturated rings. The predicted molar refractivity (Wildman–Crippen MR) is 81.2 cm³/mol. The number of sulfonamides is 1. The molecule has 1 aliphatic heterocycles. The molecule has 5 nitrogen and oxygen atoms in total. The fourth-order valence-electron chi connectivity index (χ4n) is 2.82. The van der Waals surface area contributed by atoms with Crippen LogP contribution in [0.25, 0.3) is 0 Å². The molecule has 1 aliphatic rings. The first kappa shape index (κ1) is 14.3. The second-order valence-electron chi connectivity index (χ2n) is 5.45. The summed E-state index contributed by atoms with van der Waals surface area (Å²) in [6.07, 6.45) is 3.60. The fourth-order valence-corrected chi connectivity index (χ4v) is 4.43. The molecule has 1 aromatic heterocycles. The van der Waals surface area contributed by atoms with Crippen LogP contribution in [0.1, 0.15) is 30.0 Å². The lowest BCUT2D eigenvalue weighted by atomic mass is 9.96. The van der Waals surface area contributed by atoms with Gasteiger partial charge in [0.15, 0.2) is 0 Å². The second-order valence-corrected chi connectivity index (χ2v) is 7.42. The zero-order valence-electron chi connectivity index (χ0n) is 11.8. The molecule has 1 saturated heterocycles. The third-order valence-corrected chi connectivity index (χ3v) is 5.75. The molecule has 0 amide bonds. The fraction of sp³-hybridized carbons (Fsp3) is 0.400. The Kier molecular flexibility index (Phi) is 4.07. The summed E-state index contributed by atoms with van der Waals surface area (Å²) in [6, 6.07) is 11.3. The molecule has 0 spiro atoms. The summed E-state index contributed by atoms with van der Waals surface area (Å²) in [5.74, 6) is 0.288. The third kappa shape index (κ3) is 3.33. The van der Waals surface area contributed by atoms with Gasteiger partial charge in [-0.05, 0) is 24.5 Å². The van der Waals surface area contributed by atoms with Gasteiger partial charge in [-0.3, -0.25) is 5.10 Å². The van der Waals surface area contributed by atoms with Gasteiger partial charge in [-0.15, -0.1) is 0 Å². The number of benzene rings is 1. The summed E-state index contributed by atoms with van der Waals surface area (Å²) in [6.45, 7) is 1.15. The summed E-state index contributed by atoms with van der Waals surface area (Å²) in [4.78, 5) is 0. The Labute approximate surface area is 125 Å². The zero-order chi connectivity index (χ0) is 14.7. The van der Waals surface area contributed by atoms with Crippen molar-refractivity contribution >= 4 is 10.0 Å². The highest BCUT2D eigenvalue weighted by Crippen LogP contribution is 2.27. The molecule has 2 aromatic rings. The Morgan fingerprint density at radius 1 is 1.24 bits per heavy atom. The largest absolute Gasteiger partial charge is 0.282 e. The van der Waals surface area contributed by atoms with Crippen LogP contribution >= 0.6 is 0 Å². The van der Waals surface area contributed by atoms with E-state index in [1.54, 1.807) is 10.5 Å². The van der Waals surface area contributed by atoms with Crippen LogP contribution in [0.2, 0.25) is 0 Å². The van der Waals surface area contributed by atoms with Gasteiger partial charge in [-0.2, -0.15) is 5.10 Å². The standard InChI is InChI=1S/C15H19N3O2S/c19-21(20,12-13-5-2-1-3-6-13)18-10-4-7-14(11-18)15-8-9-16-17-15/h1-3,5-6,8-9,14H,4,7,10-12H2,(H,16,17). The molecule has 1 N–H and O–H groups in total. The number of rotatable bonds is 4. The van der Waals surface area contributed by atoms with Crippen molar-refractivity contribution in [2.45, 2.75) is 24.5 Å². The van der Waals surface area contributed by atoms with Gasteiger partial charge in [0, 0.05) is 30.9 Å². The van der Waals surface area contributed by atoms with Gasteiger partial charge in [0.2, 0.25) is 10.0 Å². The topological polar surface area (TPSA) is 66.1 Å². The number of H-pyrrole nitrogens is 1. The van der Waals surface area contributed by atoms with Crippen molar-refractivity contribution in [1.29, 1.82) is 0 Å². The van der Waals surface area contributed by atoms with Gasteiger partial charge in [-0.1, -0.05) is 30.3 Å². The number of nitrogens with zero attached hydrogens (tertiary/aromatic N) is 2. The van der Waals surface area contributed by atoms with Crippen molar-refractivity contribution in [3.8, 4) is 0 Å². The summed E-state index contributed by atoms with van der Waals surface area (Å²) in [5.41, 5.74) is 1.86. The van der Waals surface area contributed by atoms with Gasteiger partial charge >= 0.3 is 0 Å². The van der Waals surface area contributed by atoms with Crippen molar-refractivity contribution in [2.24, 2.45) is 0 Å². The van der Waals surface area contributed by atoms with Gasteiger partial charge < -0.3 is 0 Å². The van der Waals surface area contributed by atoms with Gasteiger partial charge in [0.1, 0.15) is 0 Å². The van der Waals surface area contributed by atoms with Crippen LogP contribution < -0.4 is 0 Å². The summed E-state index contributed by atoms with van der Waals surface area (Å²) < 4.78 is 26.8. The lowest BCUT2D eigenvalue weighted by Gasteiger charge is -2.31. The van der Waals surface area contributed by atoms with E-state index < -0.39 is 10.0 Å². The molecule has 1 unspecified atom stereocenters. The molecule has 3 rings (SSSR count). The van der Waals surface area contributed by atoms with Crippen LogP contribution in [0, 0.1) is 0 Å². The number of nitrogens with one attached hydrogen (secondary N) is 1. The SMILES string of the molecule is O=S(=O)(Cc1ccccc1)N1CCCC(c2ccn[nH]2)C1. The number of aromatic nitrogens is 2. The zero-order valence-corrected chi connectivity index (χ0v) is 12.6. The van der Waals surface area contributed by atoms with E-state index in [2.05, 4.69) is 10.2 Å². The van der Waals surface area contributed by atoms with Crippen molar-refractivity contribution in [1.82, 2.24) is 14.5 Å². The molecule has 0 radical (unpaired) electrons. The Morgan fingerprint density at radius 2 is 2.05 bits per heavy atom. The number of aromatic amines is 1. The first-order valence-electron chi connectivity index (χ1n) is 7.16. The summed E-state index contributed by atoms with van der Waals surface area (Å²) in [7, 11) is -3.26. The van der Waals surface area contributed by atoms with Crippen LogP contribution in [0.3, 0.4) is 0 Å². The van der Waals surface area contributed by atoms with E-state index in [1.807, 2.05) is 36.4 Å². The lowest BCUT2D eigenvalue weighted by molar-refractivity contribution is 0.312. The maximum atomic E-state index is 12.6. The van der Waals surface area contributed by atoms with Crippen LogP contribution in [0.4, 0.5) is 0 Å². The van der Waals surface area contributed by atoms with Crippen LogP contribution in [-0.2, 0) is 15.8 Å². The van der Waals surface area contributed by atoms with Crippen molar-refractivity contribution in [3.05, 3.63) is 53.9 Å². The molecule has 2 heterocycles. The quantitative estimate of drug-likeness (QED) is 0.941. The van der Waals surface area contributed by atoms with Crippen molar-refractivity contribution < 1.29 is 8.42 Å². The van der Waals surface area contributed by atoms with Gasteiger partial charge in [0.05, 0.1) is 5.75 Å². The number of piperidine rings is 1. The van der Waals surface area contributed by atoms with E-state index in [1.165, 1.54) is 0 Å². The molecule has 112 valence electrons. The Bertz CT molecular complexity index is 668. The lowest BCUT2D eigenvalue weighted by Crippen LogP contribution is -2.39. The first-order valence-corrected chi connectivity index (χ1v) is 8.77. The van der Waals surface area contributed by atoms with Crippen LogP contribution in [-0.4, -0.2) is 36.0 Å². The Hall–Kier alpha value is -1.66. The van der Waals surface area contributed by atoms with E-state index >= 15 is 0 Å². The second kappa shape index (κ2) is 5.99. The minimum absolute atomic E-state index is 0.0730. The van der Waals surface area contributed by atoms with Crippen LogP contribution in [0.15, 0.2) is 42.6 Å². The molecule has 0 aliphatic carbocycles. The maximum absolute atomic E-state index is 12.6. The smallest absolute Gasteiger partial charge is 0.218 e. The molecular weight excluding hydrogens is 286 g/mol. The minimum Gasteiger partial charge on any atom is -0.282 e. The molecular formula is C15H19N3O2S. The molecule has 0 saturated carbocycles. The van der Waals surface area contributed by atoms with Crippen molar-refractivity contribution in [3.63, 3.8) is 0 Å². The van der Waals surface area contributed by atoms with E-state index in [0.29, 0.717) is 13.1 Å². The molecule has 1 atom stereocenters. The summed E-state index contributed by atoms with van der Waals surface area (Å²) in [5, 5.41) is 6.92. The maximum Gasteiger partial charge on any atom is 0.218 e. The molecule has 21 heavy (non-hydrogen) atoms. The number of hydrogen-bond acceptors (Lipinski definition) is 3. The van der Waals surface area contributed by atoms with Gasteiger partial charge in [-0.25, -0.2) is 12.7 Å². The highest BCUT2D eigenvalue weighted by molar-refractivity contribution is 7.88. The Morgan fingerprint density at radius 3 is 2.76 bits per heavy atom. The third-order valence-electron chi connectivity index (χ3n) is 3.93. The highest BCUT2D eigenvalue weighted by Gasteiger charge is 2.30. The van der Waals surface area contributed by atoms with E-state index in [4.69, 9.17) is 0 Å². The van der Waals surface area contributed by atoms with Gasteiger partial charge in [0.25, 0.3) is 0 Å². The number of hydrogen-bond donors (Lipinski definition) is 1. The first-order chi connectivity index (χ1) is 10.1. The average molecular weight is 305 g/mol. The molecule has 0 bridgehead atoms. The van der Waals surface area contributed by atoms with E-state index in [-0.39, 0.29) is 11.7 Å². The monoisotopic (exact) mass is 305 g/mol. The summed E-state index contributed by atoms with van der Waals surface area (Å²) >= 11 is 0. The minimum atomic E-state index is -3.26. The Balaban J connectivity index is 1.73. The van der Waals surface area contributed by atoms with Crippen molar-refractivity contribution in [2.75, 3.05) is 13.1 Å². The predicted octanol–water partition coefficient (Wildman–Crippen LogP) is 2.12.